The summed E-state index contributed by atoms with van der Waals surface area (Å²) in [7, 11) is 0. The van der Waals surface area contributed by atoms with Crippen LogP contribution in [0.15, 0.2) is 30.3 Å². The van der Waals surface area contributed by atoms with E-state index >= 15 is 0 Å². The topological polar surface area (TPSA) is 118 Å². The van der Waals surface area contributed by atoms with Crippen molar-refractivity contribution in [1.82, 2.24) is 0 Å². The maximum atomic E-state index is 10.4. The van der Waals surface area contributed by atoms with E-state index in [0.29, 0.717) is 0 Å². The number of ether oxygens (including phenoxy) is 4. The Hall–Kier alpha value is -1.10. The van der Waals surface area contributed by atoms with E-state index in [9.17, 15) is 15.3 Å². The molecular formula is C18H26O8. The van der Waals surface area contributed by atoms with Crippen LogP contribution in [0.25, 0.3) is 0 Å². The molecule has 0 aliphatic carbocycles. The van der Waals surface area contributed by atoms with Gasteiger partial charge < -0.3 is 39.4 Å². The Morgan fingerprint density at radius 1 is 1.12 bits per heavy atom. The lowest BCUT2D eigenvalue weighted by atomic mass is 9.98. The first kappa shape index (κ1) is 19.7. The van der Waals surface area contributed by atoms with Crippen LogP contribution in [0.3, 0.4) is 0 Å². The van der Waals surface area contributed by atoms with Gasteiger partial charge in [-0.3, -0.25) is 0 Å². The zero-order valence-electron chi connectivity index (χ0n) is 14.8. The average molecular weight is 370 g/mol. The van der Waals surface area contributed by atoms with Gasteiger partial charge in [-0.25, -0.2) is 0 Å². The number of rotatable bonds is 7. The fourth-order valence-corrected chi connectivity index (χ4v) is 3.27. The molecule has 26 heavy (non-hydrogen) atoms. The van der Waals surface area contributed by atoms with E-state index < -0.39 is 55.3 Å². The van der Waals surface area contributed by atoms with E-state index in [0.717, 1.165) is 5.56 Å². The predicted molar refractivity (Wildman–Crippen MR) is 88.8 cm³/mol. The normalized spacial score (nSPS) is 33.6. The van der Waals surface area contributed by atoms with Crippen LogP contribution in [0.4, 0.5) is 0 Å². The van der Waals surface area contributed by atoms with Crippen molar-refractivity contribution in [2.24, 2.45) is 0 Å². The molecule has 0 spiro atoms. The van der Waals surface area contributed by atoms with Gasteiger partial charge in [0, 0.05) is 0 Å². The first-order valence-corrected chi connectivity index (χ1v) is 8.64. The monoisotopic (exact) mass is 370 g/mol. The Kier molecular flexibility index (Phi) is 5.95. The van der Waals surface area contributed by atoms with Crippen LogP contribution in [0.2, 0.25) is 0 Å². The van der Waals surface area contributed by atoms with Crippen LogP contribution >= 0.6 is 0 Å². The SMILES string of the molecule is CC1(C)O[C@H]2O[C@H](C(O)C(O)C(O)CO)[C@H](OCc3ccccc3)[C@H]2O1. The fraction of sp³-hybridized carbons (Fsp3) is 0.667. The molecule has 146 valence electrons. The molecule has 8 heteroatoms. The highest BCUT2D eigenvalue weighted by atomic mass is 16.8. The van der Waals surface area contributed by atoms with Gasteiger partial charge in [0.05, 0.1) is 13.2 Å². The van der Waals surface area contributed by atoms with Crippen LogP contribution in [-0.4, -0.2) is 75.7 Å². The summed E-state index contributed by atoms with van der Waals surface area (Å²) in [5.41, 5.74) is 0.929. The molecule has 2 saturated heterocycles. The molecular weight excluding hydrogens is 344 g/mol. The molecule has 0 aromatic heterocycles. The smallest absolute Gasteiger partial charge is 0.190 e. The first-order valence-electron chi connectivity index (χ1n) is 8.64. The second-order valence-electron chi connectivity index (χ2n) is 7.06. The molecule has 8 nitrogen and oxygen atoms in total. The molecule has 7 atom stereocenters. The molecule has 4 N–H and O–H groups in total. The summed E-state index contributed by atoms with van der Waals surface area (Å²) in [6.07, 6.45) is -7.64. The van der Waals surface area contributed by atoms with Crippen molar-refractivity contribution in [2.45, 2.75) is 69.2 Å². The van der Waals surface area contributed by atoms with Gasteiger partial charge >= 0.3 is 0 Å². The van der Waals surface area contributed by atoms with E-state index in [2.05, 4.69) is 0 Å². The molecule has 0 amide bonds. The van der Waals surface area contributed by atoms with E-state index in [1.165, 1.54) is 0 Å². The number of aliphatic hydroxyl groups is 4. The van der Waals surface area contributed by atoms with E-state index in [1.807, 2.05) is 30.3 Å². The third kappa shape index (κ3) is 4.08. The zero-order valence-corrected chi connectivity index (χ0v) is 14.8. The van der Waals surface area contributed by atoms with E-state index in [4.69, 9.17) is 24.1 Å². The molecule has 2 aliphatic heterocycles. The summed E-state index contributed by atoms with van der Waals surface area (Å²) in [6.45, 7) is 3.06. The Bertz CT molecular complexity index is 580. The standard InChI is InChI=1S/C18H26O8/c1-18(2)25-16-15(23-9-10-6-4-3-5-7-10)14(24-17(16)26-18)13(22)12(21)11(20)8-19/h3-7,11-17,19-22H,8-9H2,1-2H3/t11?,12?,13?,14-,15+,16-,17-/m1/s1. The van der Waals surface area contributed by atoms with Gasteiger partial charge in [0.15, 0.2) is 12.1 Å². The number of aliphatic hydroxyl groups excluding tert-OH is 4. The van der Waals surface area contributed by atoms with Gasteiger partial charge in [-0.2, -0.15) is 0 Å². The van der Waals surface area contributed by atoms with Crippen molar-refractivity contribution in [3.8, 4) is 0 Å². The van der Waals surface area contributed by atoms with Crippen molar-refractivity contribution < 1.29 is 39.4 Å². The van der Waals surface area contributed by atoms with Gasteiger partial charge in [-0.1, -0.05) is 30.3 Å². The van der Waals surface area contributed by atoms with Crippen molar-refractivity contribution in [2.75, 3.05) is 6.61 Å². The average Bonchev–Trinajstić information content (AvgIpc) is 3.10. The van der Waals surface area contributed by atoms with Crippen molar-refractivity contribution in [3.63, 3.8) is 0 Å². The largest absolute Gasteiger partial charge is 0.394 e. The van der Waals surface area contributed by atoms with Crippen LogP contribution in [0.5, 0.6) is 0 Å². The van der Waals surface area contributed by atoms with Crippen LogP contribution in [0.1, 0.15) is 19.4 Å². The van der Waals surface area contributed by atoms with Crippen LogP contribution in [-0.2, 0) is 25.6 Å². The lowest BCUT2D eigenvalue weighted by molar-refractivity contribution is -0.240. The molecule has 2 fully saturated rings. The Morgan fingerprint density at radius 3 is 2.46 bits per heavy atom. The zero-order chi connectivity index (χ0) is 18.9. The van der Waals surface area contributed by atoms with E-state index in [1.54, 1.807) is 13.8 Å². The van der Waals surface area contributed by atoms with Gasteiger partial charge in [-0.15, -0.1) is 0 Å². The van der Waals surface area contributed by atoms with Crippen molar-refractivity contribution in [1.29, 1.82) is 0 Å². The molecule has 1 aromatic carbocycles. The molecule has 2 aliphatic rings. The third-order valence-corrected chi connectivity index (χ3v) is 4.58. The lowest BCUT2D eigenvalue weighted by Gasteiger charge is -2.31. The molecule has 0 bridgehead atoms. The number of hydrogen-bond donors (Lipinski definition) is 4. The summed E-state index contributed by atoms with van der Waals surface area (Å²) < 4.78 is 23.2. The molecule has 2 heterocycles. The Labute approximate surface area is 151 Å². The predicted octanol–water partition coefficient (Wildman–Crippen LogP) is -0.477. The quantitative estimate of drug-likeness (QED) is 0.509. The first-order chi connectivity index (χ1) is 12.3. The number of fused-ring (bicyclic) bond motifs is 1. The maximum Gasteiger partial charge on any atom is 0.190 e. The van der Waals surface area contributed by atoms with Gasteiger partial charge in [0.25, 0.3) is 0 Å². The van der Waals surface area contributed by atoms with E-state index in [-0.39, 0.29) is 6.61 Å². The highest BCUT2D eigenvalue weighted by molar-refractivity contribution is 5.13. The second-order valence-corrected chi connectivity index (χ2v) is 7.06. The minimum absolute atomic E-state index is 0.254. The number of hydrogen-bond acceptors (Lipinski definition) is 8. The minimum Gasteiger partial charge on any atom is -0.394 e. The third-order valence-electron chi connectivity index (χ3n) is 4.58. The van der Waals surface area contributed by atoms with Gasteiger partial charge in [0.1, 0.15) is 36.6 Å². The van der Waals surface area contributed by atoms with Crippen molar-refractivity contribution >= 4 is 0 Å². The fourth-order valence-electron chi connectivity index (χ4n) is 3.27. The molecule has 3 rings (SSSR count). The highest BCUT2D eigenvalue weighted by Crippen LogP contribution is 2.40. The molecule has 1 aromatic rings. The summed E-state index contributed by atoms with van der Waals surface area (Å²) in [4.78, 5) is 0. The summed E-state index contributed by atoms with van der Waals surface area (Å²) in [5, 5.41) is 39.1. The second kappa shape index (κ2) is 7.87. The number of benzene rings is 1. The maximum absolute atomic E-state index is 10.4. The van der Waals surface area contributed by atoms with Gasteiger partial charge in [0.2, 0.25) is 0 Å². The Balaban J connectivity index is 1.74. The molecule has 3 unspecified atom stereocenters. The lowest BCUT2D eigenvalue weighted by Crippen LogP contribution is -2.51. The highest BCUT2D eigenvalue weighted by Gasteiger charge is 2.58. The molecule has 0 radical (unpaired) electrons. The van der Waals surface area contributed by atoms with Crippen molar-refractivity contribution in [3.05, 3.63) is 35.9 Å². The molecule has 0 saturated carbocycles. The Morgan fingerprint density at radius 2 is 1.81 bits per heavy atom. The summed E-state index contributed by atoms with van der Waals surface area (Å²) in [6, 6.07) is 9.48. The van der Waals surface area contributed by atoms with Crippen LogP contribution in [0, 0.1) is 0 Å². The van der Waals surface area contributed by atoms with Crippen LogP contribution < -0.4 is 0 Å². The minimum atomic E-state index is -1.60. The summed E-state index contributed by atoms with van der Waals surface area (Å²) >= 11 is 0. The summed E-state index contributed by atoms with van der Waals surface area (Å²) in [5.74, 6) is -0.858. The van der Waals surface area contributed by atoms with Gasteiger partial charge in [-0.05, 0) is 19.4 Å².